The van der Waals surface area contributed by atoms with Gasteiger partial charge in [0.25, 0.3) is 0 Å². The molecule has 2 aliphatic rings. The zero-order valence-electron chi connectivity index (χ0n) is 32.0. The fraction of sp³-hybridized carbons (Fsp3) is 0.391. The fourth-order valence-electron chi connectivity index (χ4n) is 9.39. The van der Waals surface area contributed by atoms with Crippen molar-refractivity contribution in [3.8, 4) is 22.3 Å². The fourth-order valence-corrected chi connectivity index (χ4v) is 27.9. The molecule has 0 spiro atoms. The summed E-state index contributed by atoms with van der Waals surface area (Å²) in [4.78, 5) is 0. The van der Waals surface area contributed by atoms with Gasteiger partial charge in [0.05, 0.1) is 0 Å². The van der Waals surface area contributed by atoms with Crippen molar-refractivity contribution in [1.29, 1.82) is 0 Å². The van der Waals surface area contributed by atoms with Crippen LogP contribution >= 0.6 is 17.0 Å². The third-order valence-electron chi connectivity index (χ3n) is 12.0. The standard InChI is InChI=1S/2C22H25.C2H5.2ClH.Zr/c2*1-13(2)18-11-20-17(6)16(5)10-21(22(20)12-18)19-8-14(3)7-15(4)9-19;1-2;;;/h2*7-13H,1-6H3;1H2,2H3;2*1H;/q;;;;;+2/p-2. The van der Waals surface area contributed by atoms with Crippen molar-refractivity contribution in [3.63, 3.8) is 0 Å². The van der Waals surface area contributed by atoms with Crippen LogP contribution < -0.4 is 0 Å². The van der Waals surface area contributed by atoms with Crippen molar-refractivity contribution in [1.82, 2.24) is 0 Å². The first-order valence-electron chi connectivity index (χ1n) is 18.3. The Labute approximate surface area is 305 Å². The molecule has 0 nitrogen and oxygen atoms in total. The Morgan fingerprint density at radius 3 is 1.14 bits per heavy atom. The Balaban J connectivity index is 1.69. The molecule has 0 saturated heterocycles. The van der Waals surface area contributed by atoms with Crippen LogP contribution in [0.1, 0.15) is 109 Å². The van der Waals surface area contributed by atoms with Gasteiger partial charge in [0.15, 0.2) is 0 Å². The number of aryl methyl sites for hydroxylation is 6. The summed E-state index contributed by atoms with van der Waals surface area (Å²) in [6.45, 7) is 29.7. The molecule has 257 valence electrons. The van der Waals surface area contributed by atoms with Crippen molar-refractivity contribution in [2.24, 2.45) is 11.8 Å². The van der Waals surface area contributed by atoms with E-state index >= 15 is 0 Å². The van der Waals surface area contributed by atoms with Crippen LogP contribution in [0.25, 0.3) is 34.4 Å². The normalized spacial score (nSPS) is 18.0. The second-order valence-corrected chi connectivity index (χ2v) is 39.2. The Morgan fingerprint density at radius 2 is 0.857 bits per heavy atom. The molecule has 6 rings (SSSR count). The Morgan fingerprint density at radius 1 is 0.531 bits per heavy atom. The molecular weight excluding hydrogens is 715 g/mol. The first-order valence-corrected chi connectivity index (χ1v) is 29.2. The number of rotatable bonds is 7. The Kier molecular flexibility index (Phi) is 9.56. The van der Waals surface area contributed by atoms with Crippen molar-refractivity contribution >= 4 is 29.2 Å². The van der Waals surface area contributed by atoms with E-state index in [1.54, 1.807) is 0 Å². The summed E-state index contributed by atoms with van der Waals surface area (Å²) in [6, 6.07) is 18.7. The number of allylic oxidation sites excluding steroid dienone is 2. The van der Waals surface area contributed by atoms with Crippen LogP contribution in [0.15, 0.2) is 59.7 Å². The van der Waals surface area contributed by atoms with Crippen LogP contribution in [0.3, 0.4) is 0 Å². The first-order chi connectivity index (χ1) is 22.9. The molecule has 4 aromatic rings. The molecule has 3 heteroatoms. The molecule has 0 fully saturated rings. The summed E-state index contributed by atoms with van der Waals surface area (Å²) in [7, 11) is 17.5. The van der Waals surface area contributed by atoms with E-state index in [4.69, 9.17) is 17.0 Å². The molecule has 0 aromatic heterocycles. The van der Waals surface area contributed by atoms with E-state index in [1.165, 1.54) is 100 Å². The summed E-state index contributed by atoms with van der Waals surface area (Å²) in [5.41, 5.74) is 24.0. The van der Waals surface area contributed by atoms with E-state index < -0.39 is 16.4 Å². The van der Waals surface area contributed by atoms with Crippen LogP contribution in [-0.2, 0) is 16.4 Å². The van der Waals surface area contributed by atoms with Crippen LogP contribution in [0, 0.1) is 67.2 Å². The molecule has 2 atom stereocenters. The van der Waals surface area contributed by atoms with Gasteiger partial charge in [-0.15, -0.1) is 0 Å². The van der Waals surface area contributed by atoms with E-state index in [2.05, 4.69) is 151 Å². The summed E-state index contributed by atoms with van der Waals surface area (Å²) in [6.07, 6.45) is 5.02. The number of halogens is 2. The summed E-state index contributed by atoms with van der Waals surface area (Å²) >= 11 is -5.03. The third-order valence-corrected chi connectivity index (χ3v) is 32.5. The van der Waals surface area contributed by atoms with Gasteiger partial charge in [-0.2, -0.15) is 0 Å². The zero-order chi connectivity index (χ0) is 35.9. The summed E-state index contributed by atoms with van der Waals surface area (Å²) in [5.74, 6) is 0.635. The monoisotopic (exact) mass is 767 g/mol. The Bertz CT molecular complexity index is 1900. The minimum atomic E-state index is -5.03. The summed E-state index contributed by atoms with van der Waals surface area (Å²) in [5, 5.41) is 0. The van der Waals surface area contributed by atoms with Crippen LogP contribution in [0.5, 0.6) is 0 Å². The van der Waals surface area contributed by atoms with Gasteiger partial charge in [-0.1, -0.05) is 0 Å². The predicted molar refractivity (Wildman–Crippen MR) is 215 cm³/mol. The molecule has 0 radical (unpaired) electrons. The van der Waals surface area contributed by atoms with Crippen molar-refractivity contribution < 1.29 is 16.4 Å². The predicted octanol–water partition coefficient (Wildman–Crippen LogP) is 14.8. The maximum absolute atomic E-state index is 8.76. The maximum atomic E-state index is 8.76. The van der Waals surface area contributed by atoms with Gasteiger partial charge in [0, 0.05) is 0 Å². The van der Waals surface area contributed by atoms with Gasteiger partial charge in [0.1, 0.15) is 0 Å². The van der Waals surface area contributed by atoms with E-state index in [0.717, 1.165) is 4.13 Å². The molecule has 0 bridgehead atoms. The van der Waals surface area contributed by atoms with E-state index in [0.29, 0.717) is 11.8 Å². The molecule has 49 heavy (non-hydrogen) atoms. The van der Waals surface area contributed by atoms with Crippen LogP contribution in [0.2, 0.25) is 4.13 Å². The van der Waals surface area contributed by atoms with Gasteiger partial charge in [-0.3, -0.25) is 0 Å². The van der Waals surface area contributed by atoms with Gasteiger partial charge < -0.3 is 0 Å². The number of benzene rings is 4. The number of fused-ring (bicyclic) bond motifs is 2. The molecule has 0 saturated carbocycles. The average Bonchev–Trinajstić information content (AvgIpc) is 3.63. The van der Waals surface area contributed by atoms with Crippen molar-refractivity contribution in [2.45, 2.75) is 101 Å². The average molecular weight is 770 g/mol. The molecule has 0 N–H and O–H groups in total. The van der Waals surface area contributed by atoms with E-state index in [1.807, 2.05) is 0 Å². The third kappa shape index (κ3) is 5.93. The first kappa shape index (κ1) is 36.6. The number of hydrogen-bond donors (Lipinski definition) is 0. The Hall–Kier alpha value is -2.18. The summed E-state index contributed by atoms with van der Waals surface area (Å²) < 4.78 is 0.861. The molecule has 2 aliphatic carbocycles. The molecule has 0 amide bonds. The van der Waals surface area contributed by atoms with E-state index in [-0.39, 0.29) is 7.25 Å². The van der Waals surface area contributed by atoms with E-state index in [9.17, 15) is 0 Å². The van der Waals surface area contributed by atoms with Gasteiger partial charge >= 0.3 is 307 Å². The zero-order valence-corrected chi connectivity index (χ0v) is 36.0. The minimum absolute atomic E-state index is 0.0250. The number of hydrogen-bond acceptors (Lipinski definition) is 0. The van der Waals surface area contributed by atoms with Crippen molar-refractivity contribution in [3.05, 3.63) is 126 Å². The van der Waals surface area contributed by atoms with Gasteiger partial charge in [-0.25, -0.2) is 0 Å². The van der Waals surface area contributed by atoms with Gasteiger partial charge in [0.2, 0.25) is 0 Å². The van der Waals surface area contributed by atoms with Crippen molar-refractivity contribution in [2.75, 3.05) is 0 Å². The quantitative estimate of drug-likeness (QED) is 0.176. The molecule has 0 aliphatic heterocycles. The second kappa shape index (κ2) is 12.8. The molecule has 2 unspecified atom stereocenters. The molecular formula is C46H55Cl2Zr. The molecule has 0 heterocycles. The van der Waals surface area contributed by atoms with Crippen LogP contribution in [-0.4, -0.2) is 0 Å². The topological polar surface area (TPSA) is 0 Å². The SMILES string of the molecule is C[CH2][Zr]([Cl])([Cl])([CH]1C(C(C)C)=Cc2c(-c3cc(C)cc(C)c3)cc(C)c(C)c21)[CH]1C(C(C)C)=Cc2c(-c3cc(C)cc(C)c3)cc(C)c(C)c21. The van der Waals surface area contributed by atoms with Gasteiger partial charge in [-0.05, 0) is 0 Å². The van der Waals surface area contributed by atoms with Crippen LogP contribution in [0.4, 0.5) is 0 Å². The molecule has 4 aromatic carbocycles. The second-order valence-electron chi connectivity index (χ2n) is 16.3.